The van der Waals surface area contributed by atoms with Crippen LogP contribution in [0.25, 0.3) is 10.9 Å². The number of nitrogens with zero attached hydrogens (tertiary/aromatic N) is 3. The van der Waals surface area contributed by atoms with Crippen molar-refractivity contribution in [2.75, 3.05) is 45.3 Å². The highest BCUT2D eigenvalue weighted by Crippen LogP contribution is 2.26. The van der Waals surface area contributed by atoms with Gasteiger partial charge < -0.3 is 14.2 Å². The number of hydrogen-bond donors (Lipinski definition) is 0. The lowest BCUT2D eigenvalue weighted by molar-refractivity contribution is 0.122. The summed E-state index contributed by atoms with van der Waals surface area (Å²) in [5.41, 5.74) is 2.60. The fourth-order valence-electron chi connectivity index (χ4n) is 2.73. The lowest BCUT2D eigenvalue weighted by Crippen LogP contribution is -2.36. The molecular weight excluding hydrogens is 250 g/mol. The molecule has 20 heavy (non-hydrogen) atoms. The molecule has 1 aliphatic heterocycles. The number of hydrogen-bond acceptors (Lipinski definition) is 3. The lowest BCUT2D eigenvalue weighted by atomic mass is 10.2. The summed E-state index contributed by atoms with van der Waals surface area (Å²) in [6, 6.07) is 8.94. The number of morpholine rings is 1. The van der Waals surface area contributed by atoms with Gasteiger partial charge in [0.25, 0.3) is 0 Å². The van der Waals surface area contributed by atoms with Crippen molar-refractivity contribution in [3.8, 4) is 0 Å². The van der Waals surface area contributed by atoms with Crippen LogP contribution in [-0.4, -0.2) is 49.9 Å². The summed E-state index contributed by atoms with van der Waals surface area (Å²) < 4.78 is 7.77. The monoisotopic (exact) mass is 273 g/mol. The summed E-state index contributed by atoms with van der Waals surface area (Å²) in [4.78, 5) is 4.63. The van der Waals surface area contributed by atoms with E-state index in [1.807, 2.05) is 0 Å². The summed E-state index contributed by atoms with van der Waals surface area (Å²) >= 11 is 0. The predicted molar refractivity (Wildman–Crippen MR) is 83.4 cm³/mol. The Hall–Kier alpha value is -1.52. The van der Waals surface area contributed by atoms with Gasteiger partial charge in [-0.05, 0) is 44.6 Å². The minimum absolute atomic E-state index is 0.354. The smallest absolute Gasteiger partial charge is 0.0830 e. The molecule has 2 aromatic rings. The second-order valence-electron chi connectivity index (χ2n) is 5.66. The molecule has 1 aromatic carbocycles. The average molecular weight is 273 g/mol. The number of anilines is 1. The van der Waals surface area contributed by atoms with Gasteiger partial charge in [-0.3, -0.25) is 4.90 Å². The summed E-state index contributed by atoms with van der Waals surface area (Å²) in [5.74, 6) is 0. The van der Waals surface area contributed by atoms with Gasteiger partial charge in [-0.15, -0.1) is 0 Å². The fraction of sp³-hybridized carbons (Fsp3) is 0.500. The van der Waals surface area contributed by atoms with Crippen molar-refractivity contribution >= 4 is 16.6 Å². The van der Waals surface area contributed by atoms with Crippen LogP contribution in [0.3, 0.4) is 0 Å². The quantitative estimate of drug-likeness (QED) is 0.857. The molecule has 1 saturated heterocycles. The second-order valence-corrected chi connectivity index (χ2v) is 5.66. The molecule has 4 nitrogen and oxygen atoms in total. The summed E-state index contributed by atoms with van der Waals surface area (Å²) in [6.07, 6.45) is 2.53. The SMILES string of the molecule is CC(N(C)C)n1ccc2ccc(N3CCOCC3)cc21. The maximum Gasteiger partial charge on any atom is 0.0830 e. The van der Waals surface area contributed by atoms with Gasteiger partial charge in [-0.25, -0.2) is 0 Å². The van der Waals surface area contributed by atoms with Crippen molar-refractivity contribution < 1.29 is 4.74 Å². The van der Waals surface area contributed by atoms with Gasteiger partial charge in [0.15, 0.2) is 0 Å². The molecule has 2 heterocycles. The number of fused-ring (bicyclic) bond motifs is 1. The molecule has 3 rings (SSSR count). The second kappa shape index (κ2) is 5.46. The molecule has 0 spiro atoms. The van der Waals surface area contributed by atoms with Crippen molar-refractivity contribution in [2.24, 2.45) is 0 Å². The highest BCUT2D eigenvalue weighted by molar-refractivity contribution is 5.84. The van der Waals surface area contributed by atoms with E-state index >= 15 is 0 Å². The number of aromatic nitrogens is 1. The molecule has 1 aliphatic rings. The Morgan fingerprint density at radius 3 is 2.60 bits per heavy atom. The molecule has 0 radical (unpaired) electrons. The number of benzene rings is 1. The zero-order valence-corrected chi connectivity index (χ0v) is 12.5. The Kier molecular flexibility index (Phi) is 3.68. The third-order valence-electron chi connectivity index (χ3n) is 4.23. The zero-order valence-electron chi connectivity index (χ0n) is 12.5. The molecule has 1 aromatic heterocycles. The van der Waals surface area contributed by atoms with Crippen LogP contribution in [0.5, 0.6) is 0 Å². The summed E-state index contributed by atoms with van der Waals surface area (Å²) in [6.45, 7) is 5.84. The molecule has 0 N–H and O–H groups in total. The Morgan fingerprint density at radius 2 is 1.90 bits per heavy atom. The molecule has 0 aliphatic carbocycles. The first-order chi connectivity index (χ1) is 9.66. The van der Waals surface area contributed by atoms with Crippen molar-refractivity contribution in [1.82, 2.24) is 9.47 Å². The van der Waals surface area contributed by atoms with E-state index in [4.69, 9.17) is 4.74 Å². The van der Waals surface area contributed by atoms with Crippen LogP contribution in [-0.2, 0) is 4.74 Å². The highest BCUT2D eigenvalue weighted by atomic mass is 16.5. The predicted octanol–water partition coefficient (Wildman–Crippen LogP) is 2.56. The Bertz CT molecular complexity index is 584. The van der Waals surface area contributed by atoms with E-state index in [0.717, 1.165) is 26.3 Å². The van der Waals surface area contributed by atoms with Crippen LogP contribution in [0.4, 0.5) is 5.69 Å². The Labute approximate surface area is 120 Å². The Morgan fingerprint density at radius 1 is 1.15 bits per heavy atom. The molecule has 1 unspecified atom stereocenters. The van der Waals surface area contributed by atoms with E-state index in [0.29, 0.717) is 6.17 Å². The third-order valence-corrected chi connectivity index (χ3v) is 4.23. The first-order valence-electron chi connectivity index (χ1n) is 7.26. The van der Waals surface area contributed by atoms with Crippen LogP contribution in [0.15, 0.2) is 30.5 Å². The molecule has 4 heteroatoms. The fourth-order valence-corrected chi connectivity index (χ4v) is 2.73. The van der Waals surface area contributed by atoms with Crippen molar-refractivity contribution in [3.05, 3.63) is 30.5 Å². The van der Waals surface area contributed by atoms with E-state index < -0.39 is 0 Å². The zero-order chi connectivity index (χ0) is 14.1. The van der Waals surface area contributed by atoms with E-state index in [2.05, 4.69) is 65.8 Å². The van der Waals surface area contributed by atoms with E-state index in [9.17, 15) is 0 Å². The largest absolute Gasteiger partial charge is 0.378 e. The van der Waals surface area contributed by atoms with Crippen LogP contribution in [0, 0.1) is 0 Å². The lowest BCUT2D eigenvalue weighted by Gasteiger charge is -2.29. The molecule has 1 fully saturated rings. The van der Waals surface area contributed by atoms with Crippen LogP contribution in [0.2, 0.25) is 0 Å². The standard InChI is InChI=1S/C16H23N3O/c1-13(17(2)3)19-7-6-14-4-5-15(12-16(14)19)18-8-10-20-11-9-18/h4-7,12-13H,8-11H2,1-3H3. The Balaban J connectivity index is 1.98. The molecule has 1 atom stereocenters. The van der Waals surface area contributed by atoms with Gasteiger partial charge in [0.05, 0.1) is 24.9 Å². The van der Waals surface area contributed by atoms with Gasteiger partial charge in [-0.2, -0.15) is 0 Å². The third kappa shape index (κ3) is 2.41. The highest BCUT2D eigenvalue weighted by Gasteiger charge is 2.14. The van der Waals surface area contributed by atoms with Crippen molar-refractivity contribution in [3.63, 3.8) is 0 Å². The molecule has 108 valence electrons. The van der Waals surface area contributed by atoms with Crippen molar-refractivity contribution in [2.45, 2.75) is 13.1 Å². The normalized spacial score (nSPS) is 17.9. The summed E-state index contributed by atoms with van der Waals surface area (Å²) in [7, 11) is 4.23. The van der Waals surface area contributed by atoms with Gasteiger partial charge in [0.2, 0.25) is 0 Å². The van der Waals surface area contributed by atoms with Crippen LogP contribution < -0.4 is 4.90 Å². The maximum atomic E-state index is 5.43. The number of ether oxygens (including phenoxy) is 1. The minimum atomic E-state index is 0.354. The molecule has 0 saturated carbocycles. The average Bonchev–Trinajstić information content (AvgIpc) is 2.90. The van der Waals surface area contributed by atoms with E-state index in [-0.39, 0.29) is 0 Å². The summed E-state index contributed by atoms with van der Waals surface area (Å²) in [5, 5.41) is 1.30. The number of rotatable bonds is 3. The van der Waals surface area contributed by atoms with Crippen LogP contribution >= 0.6 is 0 Å². The molecular formula is C16H23N3O. The topological polar surface area (TPSA) is 20.6 Å². The first-order valence-corrected chi connectivity index (χ1v) is 7.26. The molecule has 0 amide bonds. The van der Waals surface area contributed by atoms with Gasteiger partial charge in [0.1, 0.15) is 0 Å². The maximum absolute atomic E-state index is 5.43. The van der Waals surface area contributed by atoms with Gasteiger partial charge >= 0.3 is 0 Å². The van der Waals surface area contributed by atoms with Crippen LogP contribution in [0.1, 0.15) is 13.1 Å². The first kappa shape index (κ1) is 13.5. The van der Waals surface area contributed by atoms with Crippen molar-refractivity contribution in [1.29, 1.82) is 0 Å². The van der Waals surface area contributed by atoms with E-state index in [1.165, 1.54) is 16.6 Å². The van der Waals surface area contributed by atoms with Gasteiger partial charge in [0, 0.05) is 25.0 Å². The minimum Gasteiger partial charge on any atom is -0.378 e. The van der Waals surface area contributed by atoms with E-state index in [1.54, 1.807) is 0 Å². The van der Waals surface area contributed by atoms with Gasteiger partial charge in [-0.1, -0.05) is 6.07 Å². The molecule has 0 bridgehead atoms.